The standard InChI is InChI=1S/C23H23ClFN5O2S/c1-14(11-29-6-8-32-9-7-29)23(31)30-5-4-16-19(12-30)33-22-20(16)21(26-13-27-22)28-15-2-3-18(25)17(24)10-15/h2-3,10,13H,1,4-9,11-12H2,(H,26,27,28). The molecule has 172 valence electrons. The van der Waals surface area contributed by atoms with Gasteiger partial charge in [-0.15, -0.1) is 11.3 Å². The Morgan fingerprint density at radius 1 is 1.27 bits per heavy atom. The minimum absolute atomic E-state index is 0.00464. The maximum atomic E-state index is 13.5. The fraction of sp³-hybridized carbons (Fsp3) is 0.348. The molecule has 2 aliphatic heterocycles. The number of anilines is 2. The van der Waals surface area contributed by atoms with Crippen molar-refractivity contribution in [1.29, 1.82) is 0 Å². The summed E-state index contributed by atoms with van der Waals surface area (Å²) >= 11 is 7.50. The number of halogens is 2. The highest BCUT2D eigenvalue weighted by Crippen LogP contribution is 2.38. The van der Waals surface area contributed by atoms with Crippen LogP contribution in [0.4, 0.5) is 15.9 Å². The van der Waals surface area contributed by atoms with Gasteiger partial charge in [-0.1, -0.05) is 18.2 Å². The molecule has 0 atom stereocenters. The van der Waals surface area contributed by atoms with Crippen molar-refractivity contribution in [3.63, 3.8) is 0 Å². The van der Waals surface area contributed by atoms with Gasteiger partial charge in [-0.3, -0.25) is 9.69 Å². The summed E-state index contributed by atoms with van der Waals surface area (Å²) in [5, 5.41) is 4.23. The first kappa shape index (κ1) is 22.2. The Morgan fingerprint density at radius 3 is 2.88 bits per heavy atom. The van der Waals surface area contributed by atoms with Crippen molar-refractivity contribution in [2.75, 3.05) is 44.7 Å². The number of carbonyl (C=O) groups is 1. The number of morpholine rings is 1. The molecule has 1 aromatic carbocycles. The van der Waals surface area contributed by atoms with Crippen LogP contribution in [0.15, 0.2) is 36.7 Å². The van der Waals surface area contributed by atoms with Gasteiger partial charge in [0.15, 0.2) is 0 Å². The molecule has 33 heavy (non-hydrogen) atoms. The number of rotatable bonds is 5. The number of ether oxygens (including phenoxy) is 1. The summed E-state index contributed by atoms with van der Waals surface area (Å²) in [5.74, 6) is 0.176. The van der Waals surface area contributed by atoms with Crippen LogP contribution in [-0.4, -0.2) is 65.1 Å². The van der Waals surface area contributed by atoms with Crippen molar-refractivity contribution in [2.45, 2.75) is 13.0 Å². The van der Waals surface area contributed by atoms with Gasteiger partial charge < -0.3 is 15.0 Å². The predicted molar refractivity (Wildman–Crippen MR) is 128 cm³/mol. The molecule has 0 bridgehead atoms. The lowest BCUT2D eigenvalue weighted by Gasteiger charge is -2.31. The maximum Gasteiger partial charge on any atom is 0.250 e. The molecule has 0 saturated carbocycles. The fourth-order valence-corrected chi connectivity index (χ4v) is 5.61. The van der Waals surface area contributed by atoms with Gasteiger partial charge in [0.2, 0.25) is 0 Å². The molecular formula is C23H23ClFN5O2S. The number of nitrogens with zero attached hydrogens (tertiary/aromatic N) is 4. The van der Waals surface area contributed by atoms with E-state index in [4.69, 9.17) is 16.3 Å². The van der Waals surface area contributed by atoms with Crippen LogP contribution >= 0.6 is 22.9 Å². The fourth-order valence-electron chi connectivity index (χ4n) is 4.23. The molecule has 7 nitrogen and oxygen atoms in total. The van der Waals surface area contributed by atoms with Crippen LogP contribution in [0, 0.1) is 5.82 Å². The largest absolute Gasteiger partial charge is 0.379 e. The molecule has 5 rings (SSSR count). The van der Waals surface area contributed by atoms with Crippen LogP contribution < -0.4 is 5.32 Å². The molecule has 4 heterocycles. The molecule has 1 saturated heterocycles. The van der Waals surface area contributed by atoms with Gasteiger partial charge in [0.25, 0.3) is 5.91 Å². The van der Waals surface area contributed by atoms with Crippen LogP contribution in [0.25, 0.3) is 10.2 Å². The number of nitrogens with one attached hydrogen (secondary N) is 1. The lowest BCUT2D eigenvalue weighted by molar-refractivity contribution is -0.128. The van der Waals surface area contributed by atoms with Gasteiger partial charge in [0.1, 0.15) is 22.8 Å². The van der Waals surface area contributed by atoms with Crippen LogP contribution in [0.5, 0.6) is 0 Å². The first-order valence-electron chi connectivity index (χ1n) is 10.7. The number of fused-ring (bicyclic) bond motifs is 3. The van der Waals surface area contributed by atoms with E-state index in [1.165, 1.54) is 18.5 Å². The van der Waals surface area contributed by atoms with E-state index in [2.05, 4.69) is 26.8 Å². The van der Waals surface area contributed by atoms with E-state index in [-0.39, 0.29) is 10.9 Å². The monoisotopic (exact) mass is 487 g/mol. The summed E-state index contributed by atoms with van der Waals surface area (Å²) in [6.45, 7) is 8.78. The van der Waals surface area contributed by atoms with E-state index in [0.717, 1.165) is 33.7 Å². The average Bonchev–Trinajstić information content (AvgIpc) is 3.20. The highest BCUT2D eigenvalue weighted by Gasteiger charge is 2.28. The van der Waals surface area contributed by atoms with Crippen LogP contribution in [0.1, 0.15) is 10.4 Å². The zero-order valence-corrected chi connectivity index (χ0v) is 19.5. The first-order valence-corrected chi connectivity index (χ1v) is 11.9. The Morgan fingerprint density at radius 2 is 2.09 bits per heavy atom. The van der Waals surface area contributed by atoms with Crippen molar-refractivity contribution in [3.05, 3.63) is 58.0 Å². The molecule has 0 unspecified atom stereocenters. The quantitative estimate of drug-likeness (QED) is 0.548. The molecule has 0 spiro atoms. The molecular weight excluding hydrogens is 465 g/mol. The molecule has 10 heteroatoms. The Bertz CT molecular complexity index is 1230. The Labute approximate surface area is 199 Å². The predicted octanol–water partition coefficient (Wildman–Crippen LogP) is 4.00. The normalized spacial score (nSPS) is 16.6. The summed E-state index contributed by atoms with van der Waals surface area (Å²) in [6, 6.07) is 4.47. The summed E-state index contributed by atoms with van der Waals surface area (Å²) in [4.78, 5) is 27.9. The number of hydrogen-bond donors (Lipinski definition) is 1. The van der Waals surface area contributed by atoms with Gasteiger partial charge in [0.05, 0.1) is 30.2 Å². The number of thiophene rings is 1. The first-order chi connectivity index (χ1) is 16.0. The van der Waals surface area contributed by atoms with Crippen LogP contribution in [0.2, 0.25) is 5.02 Å². The molecule has 0 radical (unpaired) electrons. The SMILES string of the molecule is C=C(CN1CCOCC1)C(=O)N1CCc2c(sc3ncnc(Nc4ccc(F)c(Cl)c4)c23)C1. The van der Waals surface area contributed by atoms with E-state index in [0.29, 0.717) is 56.3 Å². The zero-order valence-electron chi connectivity index (χ0n) is 17.9. The summed E-state index contributed by atoms with van der Waals surface area (Å²) < 4.78 is 18.9. The zero-order chi connectivity index (χ0) is 22.9. The highest BCUT2D eigenvalue weighted by atomic mass is 35.5. The molecule has 1 fully saturated rings. The van der Waals surface area contributed by atoms with E-state index in [1.807, 2.05) is 4.90 Å². The molecule has 2 aliphatic rings. The van der Waals surface area contributed by atoms with E-state index >= 15 is 0 Å². The smallest absolute Gasteiger partial charge is 0.250 e. The summed E-state index contributed by atoms with van der Waals surface area (Å²) in [7, 11) is 0. The summed E-state index contributed by atoms with van der Waals surface area (Å²) in [6.07, 6.45) is 2.21. The lowest BCUT2D eigenvalue weighted by Crippen LogP contribution is -2.42. The van der Waals surface area contributed by atoms with Gasteiger partial charge in [-0.05, 0) is 30.2 Å². The third kappa shape index (κ3) is 4.59. The molecule has 3 aromatic rings. The molecule has 1 amide bonds. The van der Waals surface area contributed by atoms with Crippen molar-refractivity contribution < 1.29 is 13.9 Å². The maximum absolute atomic E-state index is 13.5. The molecule has 1 N–H and O–H groups in total. The number of hydrogen-bond acceptors (Lipinski definition) is 7. The number of aromatic nitrogens is 2. The number of carbonyl (C=O) groups excluding carboxylic acids is 1. The Kier molecular flexibility index (Phi) is 6.29. The van der Waals surface area contributed by atoms with Gasteiger partial charge in [-0.2, -0.15) is 0 Å². The van der Waals surface area contributed by atoms with Gasteiger partial charge >= 0.3 is 0 Å². The topological polar surface area (TPSA) is 70.6 Å². The average molecular weight is 488 g/mol. The van der Waals surface area contributed by atoms with Crippen molar-refractivity contribution >= 4 is 50.6 Å². The third-order valence-electron chi connectivity index (χ3n) is 5.93. The highest BCUT2D eigenvalue weighted by molar-refractivity contribution is 7.19. The van der Waals surface area contributed by atoms with Crippen LogP contribution in [0.3, 0.4) is 0 Å². The van der Waals surface area contributed by atoms with Crippen molar-refractivity contribution in [3.8, 4) is 0 Å². The second-order valence-corrected chi connectivity index (χ2v) is 9.62. The Balaban J connectivity index is 1.35. The third-order valence-corrected chi connectivity index (χ3v) is 7.34. The van der Waals surface area contributed by atoms with Gasteiger partial charge in [-0.25, -0.2) is 14.4 Å². The second kappa shape index (κ2) is 9.34. The van der Waals surface area contributed by atoms with Crippen molar-refractivity contribution in [1.82, 2.24) is 19.8 Å². The number of amides is 1. The van der Waals surface area contributed by atoms with Crippen molar-refractivity contribution in [2.24, 2.45) is 0 Å². The van der Waals surface area contributed by atoms with E-state index in [1.54, 1.807) is 17.4 Å². The lowest BCUT2D eigenvalue weighted by atomic mass is 10.0. The molecule has 0 aliphatic carbocycles. The van der Waals surface area contributed by atoms with E-state index < -0.39 is 5.82 Å². The minimum Gasteiger partial charge on any atom is -0.379 e. The van der Waals surface area contributed by atoms with Crippen LogP contribution in [-0.2, 0) is 22.5 Å². The number of benzene rings is 1. The van der Waals surface area contributed by atoms with E-state index in [9.17, 15) is 9.18 Å². The second-order valence-electron chi connectivity index (χ2n) is 8.13. The Hall–Kier alpha value is -2.59. The molecule has 2 aromatic heterocycles. The summed E-state index contributed by atoms with van der Waals surface area (Å²) in [5.41, 5.74) is 2.40. The minimum atomic E-state index is -0.470. The van der Waals surface area contributed by atoms with Gasteiger partial charge in [0, 0.05) is 42.3 Å².